The minimum atomic E-state index is -0.226. The van der Waals surface area contributed by atoms with Crippen LogP contribution in [-0.4, -0.2) is 49.7 Å². The van der Waals surface area contributed by atoms with Crippen molar-refractivity contribution < 1.29 is 24.0 Å². The Labute approximate surface area is 155 Å². The van der Waals surface area contributed by atoms with Crippen LogP contribution in [-0.2, 0) is 19.1 Å². The van der Waals surface area contributed by atoms with E-state index in [1.807, 2.05) is 13.0 Å². The lowest BCUT2D eigenvalue weighted by molar-refractivity contribution is -0.917. The zero-order chi connectivity index (χ0) is 18.6. The second kappa shape index (κ2) is 6.31. The van der Waals surface area contributed by atoms with Crippen molar-refractivity contribution in [3.8, 4) is 0 Å². The molecule has 5 nitrogen and oxygen atoms in total. The van der Waals surface area contributed by atoms with Crippen molar-refractivity contribution in [2.75, 3.05) is 19.6 Å². The van der Waals surface area contributed by atoms with Gasteiger partial charge in [0.1, 0.15) is 37.3 Å². The lowest BCUT2D eigenvalue weighted by Gasteiger charge is -2.43. The number of nitrogens with one attached hydrogen (secondary N) is 1. The zero-order valence-corrected chi connectivity index (χ0v) is 16.2. The van der Waals surface area contributed by atoms with E-state index in [2.05, 4.69) is 20.8 Å². The predicted molar refractivity (Wildman–Crippen MR) is 96.6 cm³/mol. The van der Waals surface area contributed by atoms with E-state index >= 15 is 0 Å². The summed E-state index contributed by atoms with van der Waals surface area (Å²) in [5, 5.41) is 0. The number of morpholine rings is 1. The molecule has 1 unspecified atom stereocenters. The van der Waals surface area contributed by atoms with Gasteiger partial charge in [0.25, 0.3) is 0 Å². The molecule has 0 aromatic carbocycles. The first-order valence-electron chi connectivity index (χ1n) is 9.93. The van der Waals surface area contributed by atoms with Crippen LogP contribution in [0.25, 0.3) is 0 Å². The molecule has 0 aromatic heterocycles. The second-order valence-corrected chi connectivity index (χ2v) is 8.94. The molecule has 0 bridgehead atoms. The maximum absolute atomic E-state index is 12.8. The summed E-state index contributed by atoms with van der Waals surface area (Å²) in [5.74, 6) is 0.101. The molecule has 0 spiro atoms. The number of carbonyl (C=O) groups excluding carboxylic acids is 2. The number of rotatable bonds is 2. The molecule has 4 aliphatic rings. The van der Waals surface area contributed by atoms with Gasteiger partial charge in [-0.15, -0.1) is 0 Å². The SMILES string of the molecule is CC1=C2[C@@H]3OC(=O)[C@H](C[NH+]4C[C@@H](C)O[C@@H](C)C4)[C@@H]3CC[C@]2(C)C=CC1=O. The molecular weight excluding hydrogens is 330 g/mol. The highest BCUT2D eigenvalue weighted by Crippen LogP contribution is 2.52. The number of fused-ring (bicyclic) bond motifs is 3. The summed E-state index contributed by atoms with van der Waals surface area (Å²) in [5.41, 5.74) is 1.68. The summed E-state index contributed by atoms with van der Waals surface area (Å²) in [6.07, 6.45) is 5.88. The van der Waals surface area contributed by atoms with Crippen molar-refractivity contribution >= 4 is 11.8 Å². The van der Waals surface area contributed by atoms with Crippen LogP contribution in [0.4, 0.5) is 0 Å². The average Bonchev–Trinajstić information content (AvgIpc) is 2.86. The molecule has 2 heterocycles. The van der Waals surface area contributed by atoms with Crippen molar-refractivity contribution in [2.45, 2.75) is 58.8 Å². The first-order valence-corrected chi connectivity index (χ1v) is 9.93. The van der Waals surface area contributed by atoms with Gasteiger partial charge in [0.2, 0.25) is 0 Å². The number of hydrogen-bond acceptors (Lipinski definition) is 4. The van der Waals surface area contributed by atoms with Gasteiger partial charge in [-0.25, -0.2) is 0 Å². The van der Waals surface area contributed by atoms with Crippen molar-refractivity contribution in [2.24, 2.45) is 17.3 Å². The zero-order valence-electron chi connectivity index (χ0n) is 16.2. The van der Waals surface area contributed by atoms with Gasteiger partial charge >= 0.3 is 5.97 Å². The first-order chi connectivity index (χ1) is 12.3. The first kappa shape index (κ1) is 17.9. The molecule has 0 radical (unpaired) electrons. The number of quaternary nitrogens is 1. The molecule has 0 aromatic rings. The lowest BCUT2D eigenvalue weighted by atomic mass is 9.61. The van der Waals surface area contributed by atoms with Gasteiger partial charge in [-0.1, -0.05) is 13.0 Å². The van der Waals surface area contributed by atoms with E-state index in [4.69, 9.17) is 9.47 Å². The summed E-state index contributed by atoms with van der Waals surface area (Å²) < 4.78 is 11.7. The van der Waals surface area contributed by atoms with Gasteiger partial charge in [0, 0.05) is 16.9 Å². The van der Waals surface area contributed by atoms with Crippen molar-refractivity contribution in [1.82, 2.24) is 0 Å². The summed E-state index contributed by atoms with van der Waals surface area (Å²) in [4.78, 5) is 26.4. The summed E-state index contributed by atoms with van der Waals surface area (Å²) >= 11 is 0. The smallest absolute Gasteiger partial charge is 0.315 e. The molecule has 1 saturated carbocycles. The molecular formula is C21H30NO4+. The topological polar surface area (TPSA) is 57.0 Å². The normalized spacial score (nSPS) is 45.4. The van der Waals surface area contributed by atoms with Crippen LogP contribution < -0.4 is 4.90 Å². The molecule has 2 aliphatic carbocycles. The van der Waals surface area contributed by atoms with Crippen molar-refractivity contribution in [1.29, 1.82) is 0 Å². The van der Waals surface area contributed by atoms with E-state index in [9.17, 15) is 9.59 Å². The van der Waals surface area contributed by atoms with Crippen LogP contribution in [0.5, 0.6) is 0 Å². The van der Waals surface area contributed by atoms with E-state index in [0.717, 1.165) is 43.6 Å². The third kappa shape index (κ3) is 2.85. The van der Waals surface area contributed by atoms with Crippen LogP contribution in [0.15, 0.2) is 23.3 Å². The fourth-order valence-electron chi connectivity index (χ4n) is 5.67. The highest BCUT2D eigenvalue weighted by Gasteiger charge is 2.55. The highest BCUT2D eigenvalue weighted by molar-refractivity contribution is 6.05. The molecule has 2 saturated heterocycles. The largest absolute Gasteiger partial charge is 0.457 e. The van der Waals surface area contributed by atoms with E-state index < -0.39 is 0 Å². The maximum Gasteiger partial charge on any atom is 0.315 e. The van der Waals surface area contributed by atoms with E-state index in [1.165, 1.54) is 4.90 Å². The highest BCUT2D eigenvalue weighted by atomic mass is 16.6. The Morgan fingerprint density at radius 3 is 2.62 bits per heavy atom. The number of hydrogen-bond donors (Lipinski definition) is 1. The number of ether oxygens (including phenoxy) is 2. The van der Waals surface area contributed by atoms with Gasteiger partial charge in [-0.2, -0.15) is 0 Å². The molecule has 2 aliphatic heterocycles. The van der Waals surface area contributed by atoms with Crippen LogP contribution in [0, 0.1) is 17.3 Å². The van der Waals surface area contributed by atoms with Crippen molar-refractivity contribution in [3.05, 3.63) is 23.3 Å². The van der Waals surface area contributed by atoms with E-state index in [-0.39, 0.29) is 47.3 Å². The van der Waals surface area contributed by atoms with Gasteiger partial charge in [0.05, 0.1) is 6.54 Å². The average molecular weight is 360 g/mol. The Morgan fingerprint density at radius 1 is 1.23 bits per heavy atom. The van der Waals surface area contributed by atoms with Crippen molar-refractivity contribution in [3.63, 3.8) is 0 Å². The lowest BCUT2D eigenvalue weighted by Crippen LogP contribution is -3.16. The van der Waals surface area contributed by atoms with Gasteiger partial charge in [-0.05, 0) is 45.3 Å². The molecule has 7 atom stereocenters. The van der Waals surface area contributed by atoms with Gasteiger partial charge < -0.3 is 14.4 Å². The molecule has 26 heavy (non-hydrogen) atoms. The molecule has 4 rings (SSSR count). The van der Waals surface area contributed by atoms with Crippen LogP contribution in [0.2, 0.25) is 0 Å². The number of carbonyl (C=O) groups is 2. The molecule has 0 amide bonds. The Bertz CT molecular complexity index is 686. The van der Waals surface area contributed by atoms with Crippen LogP contribution >= 0.6 is 0 Å². The Morgan fingerprint density at radius 2 is 1.92 bits per heavy atom. The fraction of sp³-hybridized carbons (Fsp3) is 0.714. The van der Waals surface area contributed by atoms with Gasteiger partial charge in [0.15, 0.2) is 5.78 Å². The third-order valence-corrected chi connectivity index (χ3v) is 6.85. The summed E-state index contributed by atoms with van der Waals surface area (Å²) in [6.45, 7) is 10.9. The number of ketones is 1. The minimum absolute atomic E-state index is 0.0547. The molecule has 1 N–H and O–H groups in total. The molecule has 142 valence electrons. The fourth-order valence-corrected chi connectivity index (χ4v) is 5.67. The Balaban J connectivity index is 1.57. The summed E-state index contributed by atoms with van der Waals surface area (Å²) in [6, 6.07) is 0. The number of allylic oxidation sites excluding steroid dienone is 3. The maximum atomic E-state index is 12.8. The number of esters is 1. The second-order valence-electron chi connectivity index (χ2n) is 8.94. The predicted octanol–water partition coefficient (Wildman–Crippen LogP) is 1.09. The van der Waals surface area contributed by atoms with E-state index in [1.54, 1.807) is 6.08 Å². The third-order valence-electron chi connectivity index (χ3n) is 6.85. The van der Waals surface area contributed by atoms with Gasteiger partial charge in [-0.3, -0.25) is 9.59 Å². The van der Waals surface area contributed by atoms with E-state index in [0.29, 0.717) is 0 Å². The standard InChI is InChI=1S/C21H29NO4/c1-12-9-22(10-13(2)25-12)11-16-15-5-7-21(4)8-6-17(23)14(3)18(21)19(15)26-20(16)24/h6,8,12-13,15-16,19H,5,7,9-11H2,1-4H3/p+1/t12-,13+,15-,16+,19+,21+/m0/s1. The summed E-state index contributed by atoms with van der Waals surface area (Å²) in [7, 11) is 0. The quantitative estimate of drug-likeness (QED) is 0.749. The monoisotopic (exact) mass is 360 g/mol. The van der Waals surface area contributed by atoms with Crippen LogP contribution in [0.1, 0.15) is 40.5 Å². The Kier molecular flexibility index (Phi) is 4.35. The minimum Gasteiger partial charge on any atom is -0.457 e. The Hall–Kier alpha value is -1.46. The van der Waals surface area contributed by atoms with Crippen LogP contribution in [0.3, 0.4) is 0 Å². The molecule has 5 heteroatoms. The molecule has 3 fully saturated rings.